The van der Waals surface area contributed by atoms with E-state index in [0.717, 1.165) is 15.7 Å². The average Bonchev–Trinajstić information content (AvgIpc) is 3.01. The van der Waals surface area contributed by atoms with E-state index in [9.17, 15) is 14.9 Å². The van der Waals surface area contributed by atoms with Crippen LogP contribution in [0.1, 0.15) is 24.2 Å². The van der Waals surface area contributed by atoms with Crippen molar-refractivity contribution in [3.8, 4) is 11.5 Å². The summed E-state index contributed by atoms with van der Waals surface area (Å²) in [6.45, 7) is 5.39. The number of aryl methyl sites for hydroxylation is 2. The van der Waals surface area contributed by atoms with Crippen molar-refractivity contribution in [3.05, 3.63) is 74.5 Å². The van der Waals surface area contributed by atoms with Crippen molar-refractivity contribution in [2.75, 3.05) is 5.32 Å². The minimum atomic E-state index is -0.611. The first-order chi connectivity index (χ1) is 13.7. The molecule has 0 aliphatic rings. The molecular formula is C20H19BrN4O4. The van der Waals surface area contributed by atoms with Crippen LogP contribution in [-0.4, -0.2) is 20.6 Å². The topological polar surface area (TPSA) is 99.3 Å². The molecule has 1 unspecified atom stereocenters. The molecule has 9 heteroatoms. The summed E-state index contributed by atoms with van der Waals surface area (Å²) in [5.41, 5.74) is 1.73. The zero-order chi connectivity index (χ0) is 21.1. The lowest BCUT2D eigenvalue weighted by Crippen LogP contribution is -2.24. The van der Waals surface area contributed by atoms with Crippen molar-refractivity contribution in [3.63, 3.8) is 0 Å². The molecule has 2 aromatic carbocycles. The van der Waals surface area contributed by atoms with Gasteiger partial charge in [0.05, 0.1) is 26.8 Å². The molecule has 0 radical (unpaired) electrons. The van der Waals surface area contributed by atoms with Gasteiger partial charge >= 0.3 is 0 Å². The maximum Gasteiger partial charge on any atom is 0.275 e. The number of amides is 1. The van der Waals surface area contributed by atoms with E-state index in [-0.39, 0.29) is 23.0 Å². The summed E-state index contributed by atoms with van der Waals surface area (Å²) >= 11 is 3.37. The SMILES string of the molecule is Cc1ccccc1Oc1cc(NC(=O)C(C)n2cc(Br)c(C)n2)cc([N+](=O)[O-])c1. The highest BCUT2D eigenvalue weighted by molar-refractivity contribution is 9.10. The van der Waals surface area contributed by atoms with Gasteiger partial charge in [0.2, 0.25) is 5.91 Å². The van der Waals surface area contributed by atoms with Crippen LogP contribution in [0.3, 0.4) is 0 Å². The van der Waals surface area contributed by atoms with Crippen molar-refractivity contribution < 1.29 is 14.5 Å². The van der Waals surface area contributed by atoms with Crippen LogP contribution < -0.4 is 10.1 Å². The quantitative estimate of drug-likeness (QED) is 0.405. The molecule has 0 fully saturated rings. The van der Waals surface area contributed by atoms with Crippen LogP contribution in [0.2, 0.25) is 0 Å². The van der Waals surface area contributed by atoms with Gasteiger partial charge in [0.15, 0.2) is 0 Å². The van der Waals surface area contributed by atoms with E-state index in [4.69, 9.17) is 4.74 Å². The largest absolute Gasteiger partial charge is 0.457 e. The Labute approximate surface area is 175 Å². The maximum absolute atomic E-state index is 12.6. The lowest BCUT2D eigenvalue weighted by molar-refractivity contribution is -0.384. The minimum Gasteiger partial charge on any atom is -0.457 e. The molecule has 0 spiro atoms. The molecule has 0 aliphatic carbocycles. The van der Waals surface area contributed by atoms with Gasteiger partial charge in [-0.1, -0.05) is 18.2 Å². The van der Waals surface area contributed by atoms with Gasteiger partial charge in [0.25, 0.3) is 5.69 Å². The third-order valence-corrected chi connectivity index (χ3v) is 5.10. The molecule has 0 saturated carbocycles. The number of hydrogen-bond acceptors (Lipinski definition) is 5. The number of benzene rings is 2. The highest BCUT2D eigenvalue weighted by Crippen LogP contribution is 2.31. The average molecular weight is 459 g/mol. The lowest BCUT2D eigenvalue weighted by Gasteiger charge is -2.14. The number of para-hydroxylation sites is 1. The van der Waals surface area contributed by atoms with Crippen molar-refractivity contribution in [1.82, 2.24) is 9.78 Å². The standard InChI is InChI=1S/C20H19BrN4O4/c1-12-6-4-5-7-19(12)29-17-9-15(8-16(10-17)25(27)28)22-20(26)14(3)24-11-18(21)13(2)23-24/h4-11,14H,1-3H3,(H,22,26). The number of carbonyl (C=O) groups excluding carboxylic acids is 1. The Bertz CT molecular complexity index is 1060. The zero-order valence-corrected chi connectivity index (χ0v) is 17.6. The highest BCUT2D eigenvalue weighted by atomic mass is 79.9. The van der Waals surface area contributed by atoms with E-state index in [1.54, 1.807) is 25.3 Å². The van der Waals surface area contributed by atoms with Crippen LogP contribution in [0.15, 0.2) is 53.1 Å². The predicted octanol–water partition coefficient (Wildman–Crippen LogP) is 5.16. The number of hydrogen-bond donors (Lipinski definition) is 1. The minimum absolute atomic E-state index is 0.184. The summed E-state index contributed by atoms with van der Waals surface area (Å²) in [6.07, 6.45) is 1.71. The molecule has 0 saturated heterocycles. The molecule has 150 valence electrons. The molecule has 3 aromatic rings. The van der Waals surface area contributed by atoms with E-state index in [1.165, 1.54) is 16.8 Å². The molecular weight excluding hydrogens is 440 g/mol. The van der Waals surface area contributed by atoms with Gasteiger partial charge in [0, 0.05) is 18.3 Å². The van der Waals surface area contributed by atoms with E-state index in [1.807, 2.05) is 32.0 Å². The second kappa shape index (κ2) is 8.44. The number of non-ortho nitro benzene ring substituents is 1. The Morgan fingerprint density at radius 3 is 2.62 bits per heavy atom. The number of carbonyl (C=O) groups is 1. The molecule has 1 heterocycles. The molecule has 0 bridgehead atoms. The van der Waals surface area contributed by atoms with Crippen LogP contribution in [-0.2, 0) is 4.79 Å². The Hall–Kier alpha value is -3.20. The van der Waals surface area contributed by atoms with E-state index in [2.05, 4.69) is 26.3 Å². The molecule has 1 aromatic heterocycles. The van der Waals surface area contributed by atoms with Gasteiger partial charge in [-0.05, 0) is 48.3 Å². The van der Waals surface area contributed by atoms with Gasteiger partial charge in [-0.25, -0.2) is 0 Å². The first kappa shape index (κ1) is 20.5. The first-order valence-electron chi connectivity index (χ1n) is 8.79. The van der Waals surface area contributed by atoms with Crippen LogP contribution in [0, 0.1) is 24.0 Å². The first-order valence-corrected chi connectivity index (χ1v) is 9.59. The van der Waals surface area contributed by atoms with E-state index < -0.39 is 11.0 Å². The number of nitrogens with zero attached hydrogens (tertiary/aromatic N) is 3. The van der Waals surface area contributed by atoms with Gasteiger partial charge < -0.3 is 10.1 Å². The summed E-state index contributed by atoms with van der Waals surface area (Å²) in [5, 5.41) is 18.3. The second-order valence-corrected chi connectivity index (χ2v) is 7.40. The fourth-order valence-corrected chi connectivity index (χ4v) is 2.93. The molecule has 1 atom stereocenters. The van der Waals surface area contributed by atoms with Gasteiger partial charge in [-0.15, -0.1) is 0 Å². The Kier molecular flexibility index (Phi) is 5.97. The highest BCUT2D eigenvalue weighted by Gasteiger charge is 2.19. The van der Waals surface area contributed by atoms with E-state index >= 15 is 0 Å². The number of halogens is 1. The Morgan fingerprint density at radius 1 is 1.28 bits per heavy atom. The number of ether oxygens (including phenoxy) is 1. The number of aromatic nitrogens is 2. The number of nitro groups is 1. The summed E-state index contributed by atoms with van der Waals surface area (Å²) < 4.78 is 8.12. The van der Waals surface area contributed by atoms with Gasteiger partial charge in [0.1, 0.15) is 17.5 Å². The van der Waals surface area contributed by atoms with Gasteiger partial charge in [-0.2, -0.15) is 5.10 Å². The molecule has 29 heavy (non-hydrogen) atoms. The number of nitrogens with one attached hydrogen (secondary N) is 1. The molecule has 1 amide bonds. The van der Waals surface area contributed by atoms with Crippen LogP contribution in [0.4, 0.5) is 11.4 Å². The predicted molar refractivity (Wildman–Crippen MR) is 112 cm³/mol. The molecule has 3 rings (SSSR count). The smallest absolute Gasteiger partial charge is 0.275 e. The summed E-state index contributed by atoms with van der Waals surface area (Å²) in [4.78, 5) is 23.4. The summed E-state index contributed by atoms with van der Waals surface area (Å²) in [5.74, 6) is 0.479. The number of nitro benzene ring substituents is 1. The molecule has 8 nitrogen and oxygen atoms in total. The fraction of sp³-hybridized carbons (Fsp3) is 0.200. The lowest BCUT2D eigenvalue weighted by atomic mass is 10.2. The van der Waals surface area contributed by atoms with E-state index in [0.29, 0.717) is 5.75 Å². The maximum atomic E-state index is 12.6. The normalized spacial score (nSPS) is 11.7. The number of anilines is 1. The third kappa shape index (κ3) is 4.80. The summed E-state index contributed by atoms with van der Waals surface area (Å²) in [6, 6.07) is 10.9. The monoisotopic (exact) mass is 458 g/mol. The molecule has 0 aliphatic heterocycles. The van der Waals surface area contributed by atoms with Crippen molar-refractivity contribution in [2.45, 2.75) is 26.8 Å². The van der Waals surface area contributed by atoms with Crippen LogP contribution >= 0.6 is 15.9 Å². The Morgan fingerprint density at radius 2 is 2.00 bits per heavy atom. The Balaban J connectivity index is 1.86. The van der Waals surface area contributed by atoms with Crippen molar-refractivity contribution in [1.29, 1.82) is 0 Å². The molecule has 1 N–H and O–H groups in total. The zero-order valence-electron chi connectivity index (χ0n) is 16.0. The summed E-state index contributed by atoms with van der Waals surface area (Å²) in [7, 11) is 0. The number of rotatable bonds is 6. The third-order valence-electron chi connectivity index (χ3n) is 4.32. The van der Waals surface area contributed by atoms with Crippen molar-refractivity contribution >= 4 is 33.2 Å². The van der Waals surface area contributed by atoms with Crippen LogP contribution in [0.5, 0.6) is 11.5 Å². The fourth-order valence-electron chi connectivity index (χ4n) is 2.64. The second-order valence-electron chi connectivity index (χ2n) is 6.55. The van der Waals surface area contributed by atoms with Gasteiger partial charge in [-0.3, -0.25) is 19.6 Å². The van der Waals surface area contributed by atoms with Crippen molar-refractivity contribution in [2.24, 2.45) is 0 Å². The van der Waals surface area contributed by atoms with Crippen LogP contribution in [0.25, 0.3) is 0 Å².